The van der Waals surface area contributed by atoms with Crippen LogP contribution in [0.4, 0.5) is 0 Å². The van der Waals surface area contributed by atoms with Crippen molar-refractivity contribution in [3.63, 3.8) is 0 Å². The van der Waals surface area contributed by atoms with Gasteiger partial charge in [0, 0.05) is 25.5 Å². The number of rotatable bonds is 3. The van der Waals surface area contributed by atoms with Gasteiger partial charge in [0.1, 0.15) is 0 Å². The van der Waals surface area contributed by atoms with Crippen LogP contribution in [0, 0.1) is 11.8 Å². The molecule has 0 spiro atoms. The number of hydrogen-bond donors (Lipinski definition) is 0. The second kappa shape index (κ2) is 4.02. The number of halogens is 1. The second-order valence-electron chi connectivity index (χ2n) is 4.53. The van der Waals surface area contributed by atoms with Gasteiger partial charge in [0.25, 0.3) is 0 Å². The van der Waals surface area contributed by atoms with Crippen LogP contribution in [0.3, 0.4) is 0 Å². The van der Waals surface area contributed by atoms with Crippen molar-refractivity contribution in [3.8, 4) is 0 Å². The Bertz CT molecular complexity index is 190. The van der Waals surface area contributed by atoms with E-state index in [2.05, 4.69) is 11.5 Å². The summed E-state index contributed by atoms with van der Waals surface area (Å²) < 4.78 is 0. The lowest BCUT2D eigenvalue weighted by Crippen LogP contribution is -2.24. The molecule has 0 N–H and O–H groups in total. The Morgan fingerprint density at radius 3 is 2.46 bits per heavy atom. The van der Waals surface area contributed by atoms with Gasteiger partial charge >= 0.3 is 0 Å². The third-order valence-electron chi connectivity index (χ3n) is 3.44. The van der Waals surface area contributed by atoms with Crippen molar-refractivity contribution in [1.82, 2.24) is 4.90 Å². The van der Waals surface area contributed by atoms with E-state index < -0.39 is 0 Å². The first kappa shape index (κ1) is 9.54. The molecule has 2 rings (SSSR count). The molecule has 2 unspecified atom stereocenters. The molecule has 74 valence electrons. The SMILES string of the molecule is C=C(CCl)CN1CC2CCCC2C1. The minimum atomic E-state index is 0.617. The number of fused-ring (bicyclic) bond motifs is 1. The van der Waals surface area contributed by atoms with Gasteiger partial charge in [-0.15, -0.1) is 11.6 Å². The summed E-state index contributed by atoms with van der Waals surface area (Å²) in [6.45, 7) is 7.57. The molecule has 0 bridgehead atoms. The van der Waals surface area contributed by atoms with Crippen molar-refractivity contribution in [1.29, 1.82) is 0 Å². The normalized spacial score (nSPS) is 33.6. The Morgan fingerprint density at radius 1 is 1.31 bits per heavy atom. The van der Waals surface area contributed by atoms with E-state index in [1.807, 2.05) is 0 Å². The van der Waals surface area contributed by atoms with E-state index in [0.717, 1.165) is 18.4 Å². The van der Waals surface area contributed by atoms with Crippen molar-refractivity contribution in [3.05, 3.63) is 12.2 Å². The molecule has 2 heteroatoms. The molecular formula is C11H18ClN. The van der Waals surface area contributed by atoms with Gasteiger partial charge in [0.15, 0.2) is 0 Å². The van der Waals surface area contributed by atoms with E-state index >= 15 is 0 Å². The summed E-state index contributed by atoms with van der Waals surface area (Å²) in [4.78, 5) is 2.53. The topological polar surface area (TPSA) is 3.24 Å². The first-order valence-electron chi connectivity index (χ1n) is 5.24. The maximum Gasteiger partial charge on any atom is 0.0443 e. The van der Waals surface area contributed by atoms with Crippen LogP contribution in [0.1, 0.15) is 19.3 Å². The molecule has 1 aliphatic heterocycles. The summed E-state index contributed by atoms with van der Waals surface area (Å²) in [6, 6.07) is 0. The van der Waals surface area contributed by atoms with Gasteiger partial charge in [0.05, 0.1) is 0 Å². The quantitative estimate of drug-likeness (QED) is 0.499. The van der Waals surface area contributed by atoms with Gasteiger partial charge in [-0.25, -0.2) is 0 Å². The van der Waals surface area contributed by atoms with Gasteiger partial charge in [-0.05, 0) is 30.3 Å². The molecule has 1 heterocycles. The Labute approximate surface area is 85.8 Å². The van der Waals surface area contributed by atoms with E-state index in [9.17, 15) is 0 Å². The zero-order valence-electron chi connectivity index (χ0n) is 8.14. The lowest BCUT2D eigenvalue weighted by Gasteiger charge is -2.16. The highest BCUT2D eigenvalue weighted by Crippen LogP contribution is 2.37. The number of hydrogen-bond acceptors (Lipinski definition) is 1. The highest BCUT2D eigenvalue weighted by atomic mass is 35.5. The third-order valence-corrected chi connectivity index (χ3v) is 3.82. The van der Waals surface area contributed by atoms with Crippen LogP contribution in [0.15, 0.2) is 12.2 Å². The van der Waals surface area contributed by atoms with Gasteiger partial charge in [-0.2, -0.15) is 0 Å². The molecule has 1 aliphatic carbocycles. The average Bonchev–Trinajstić information content (AvgIpc) is 2.63. The van der Waals surface area contributed by atoms with Gasteiger partial charge in [-0.3, -0.25) is 4.90 Å². The van der Waals surface area contributed by atoms with Crippen LogP contribution >= 0.6 is 11.6 Å². The molecular weight excluding hydrogens is 182 g/mol. The number of likely N-dealkylation sites (tertiary alicyclic amines) is 1. The second-order valence-corrected chi connectivity index (χ2v) is 4.80. The van der Waals surface area contributed by atoms with E-state index in [-0.39, 0.29) is 0 Å². The van der Waals surface area contributed by atoms with E-state index in [1.54, 1.807) is 0 Å². The van der Waals surface area contributed by atoms with Crippen LogP contribution in [0.2, 0.25) is 0 Å². The van der Waals surface area contributed by atoms with Gasteiger partial charge in [0.2, 0.25) is 0 Å². The van der Waals surface area contributed by atoms with Crippen molar-refractivity contribution in [2.45, 2.75) is 19.3 Å². The predicted octanol–water partition coefficient (Wildman–Crippen LogP) is 2.51. The van der Waals surface area contributed by atoms with Crippen molar-refractivity contribution in [2.24, 2.45) is 11.8 Å². The first-order valence-corrected chi connectivity index (χ1v) is 5.78. The van der Waals surface area contributed by atoms with Crippen LogP contribution in [0.25, 0.3) is 0 Å². The van der Waals surface area contributed by atoms with E-state index in [4.69, 9.17) is 11.6 Å². The van der Waals surface area contributed by atoms with Crippen LogP contribution in [-0.4, -0.2) is 30.4 Å². The molecule has 0 aromatic carbocycles. The first-order chi connectivity index (χ1) is 6.29. The zero-order chi connectivity index (χ0) is 9.26. The summed E-state index contributed by atoms with van der Waals surface area (Å²) in [6.07, 6.45) is 4.36. The fraction of sp³-hybridized carbons (Fsp3) is 0.818. The summed E-state index contributed by atoms with van der Waals surface area (Å²) in [7, 11) is 0. The summed E-state index contributed by atoms with van der Waals surface area (Å²) in [5.74, 6) is 2.59. The summed E-state index contributed by atoms with van der Waals surface area (Å²) in [5.41, 5.74) is 1.17. The lowest BCUT2D eigenvalue weighted by molar-refractivity contribution is 0.337. The van der Waals surface area contributed by atoms with Gasteiger partial charge in [-0.1, -0.05) is 13.0 Å². The molecule has 2 atom stereocenters. The molecule has 2 aliphatic rings. The summed E-state index contributed by atoms with van der Waals surface area (Å²) in [5, 5.41) is 0. The number of alkyl halides is 1. The fourth-order valence-electron chi connectivity index (χ4n) is 2.82. The monoisotopic (exact) mass is 199 g/mol. The average molecular weight is 200 g/mol. The minimum absolute atomic E-state index is 0.617. The zero-order valence-corrected chi connectivity index (χ0v) is 8.89. The smallest absolute Gasteiger partial charge is 0.0443 e. The Balaban J connectivity index is 1.82. The maximum atomic E-state index is 5.72. The molecule has 13 heavy (non-hydrogen) atoms. The van der Waals surface area contributed by atoms with Crippen molar-refractivity contribution < 1.29 is 0 Å². The Morgan fingerprint density at radius 2 is 1.92 bits per heavy atom. The molecule has 1 saturated heterocycles. The van der Waals surface area contributed by atoms with Crippen molar-refractivity contribution in [2.75, 3.05) is 25.5 Å². The van der Waals surface area contributed by atoms with Crippen LogP contribution < -0.4 is 0 Å². The predicted molar refractivity (Wildman–Crippen MR) is 57.1 cm³/mol. The molecule has 0 aromatic heterocycles. The third kappa shape index (κ3) is 2.08. The fourth-order valence-corrected chi connectivity index (χ4v) is 2.90. The highest BCUT2D eigenvalue weighted by Gasteiger charge is 2.35. The molecule has 2 fully saturated rings. The number of nitrogens with zero attached hydrogens (tertiary/aromatic N) is 1. The van der Waals surface area contributed by atoms with Crippen LogP contribution in [-0.2, 0) is 0 Å². The van der Waals surface area contributed by atoms with Crippen molar-refractivity contribution >= 4 is 11.6 Å². The highest BCUT2D eigenvalue weighted by molar-refractivity contribution is 6.19. The summed E-state index contributed by atoms with van der Waals surface area (Å²) >= 11 is 5.72. The molecule has 0 radical (unpaired) electrons. The molecule has 0 aromatic rings. The minimum Gasteiger partial charge on any atom is -0.299 e. The molecule has 1 saturated carbocycles. The standard InChI is InChI=1S/C11H18ClN/c1-9(5-12)6-13-7-10-3-2-4-11(10)8-13/h10-11H,1-8H2. The maximum absolute atomic E-state index is 5.72. The molecule has 1 nitrogen and oxygen atoms in total. The lowest BCUT2D eigenvalue weighted by atomic mass is 10.0. The Hall–Kier alpha value is -0.0100. The van der Waals surface area contributed by atoms with Gasteiger partial charge < -0.3 is 0 Å². The molecule has 0 amide bonds. The van der Waals surface area contributed by atoms with E-state index in [1.165, 1.54) is 37.9 Å². The largest absolute Gasteiger partial charge is 0.299 e. The van der Waals surface area contributed by atoms with E-state index in [0.29, 0.717) is 5.88 Å². The van der Waals surface area contributed by atoms with Crippen LogP contribution in [0.5, 0.6) is 0 Å². The Kier molecular flexibility index (Phi) is 2.95.